The van der Waals surface area contributed by atoms with E-state index in [1.165, 1.54) is 6.42 Å². The standard InChI is InChI=1S/C24H36N4O4/c1-3-31-22-14-19-13-18(2)32-21(19)15-20(22)25-23(29)16-26-9-11-27(12-10-26)17-24(30)28-7-5-4-6-8-28/h14-15,18H,3-13,16-17H2,1-2H3,(H,25,29)/t18-/m0/s1. The normalized spacial score (nSPS) is 21.7. The Bertz CT molecular complexity index is 816. The maximum Gasteiger partial charge on any atom is 0.238 e. The molecule has 0 spiro atoms. The minimum Gasteiger partial charge on any atom is -0.492 e. The summed E-state index contributed by atoms with van der Waals surface area (Å²) in [6, 6.07) is 3.86. The van der Waals surface area contributed by atoms with Gasteiger partial charge in [0.2, 0.25) is 11.8 Å². The van der Waals surface area contributed by atoms with Gasteiger partial charge in [-0.05, 0) is 39.2 Å². The molecule has 3 heterocycles. The van der Waals surface area contributed by atoms with Crippen LogP contribution in [0.2, 0.25) is 0 Å². The van der Waals surface area contributed by atoms with E-state index in [1.54, 1.807) is 0 Å². The zero-order valence-corrected chi connectivity index (χ0v) is 19.4. The number of carbonyl (C=O) groups excluding carboxylic acids is 2. The quantitative estimate of drug-likeness (QED) is 0.693. The van der Waals surface area contributed by atoms with Crippen molar-refractivity contribution in [3.63, 3.8) is 0 Å². The summed E-state index contributed by atoms with van der Waals surface area (Å²) in [6.45, 7) is 10.3. The minimum absolute atomic E-state index is 0.0604. The highest BCUT2D eigenvalue weighted by molar-refractivity contribution is 5.94. The largest absolute Gasteiger partial charge is 0.492 e. The van der Waals surface area contributed by atoms with Gasteiger partial charge in [0.1, 0.15) is 17.6 Å². The predicted octanol–water partition coefficient (Wildman–Crippen LogP) is 1.98. The minimum atomic E-state index is -0.0604. The van der Waals surface area contributed by atoms with Gasteiger partial charge in [0.25, 0.3) is 0 Å². The van der Waals surface area contributed by atoms with Crippen molar-refractivity contribution in [2.24, 2.45) is 0 Å². The van der Waals surface area contributed by atoms with Crippen LogP contribution in [0.4, 0.5) is 5.69 Å². The van der Waals surface area contributed by atoms with E-state index in [0.29, 0.717) is 31.1 Å². The van der Waals surface area contributed by atoms with Gasteiger partial charge in [-0.25, -0.2) is 0 Å². The molecule has 0 saturated carbocycles. The van der Waals surface area contributed by atoms with Gasteiger partial charge in [-0.1, -0.05) is 0 Å². The number of rotatable bonds is 7. The smallest absolute Gasteiger partial charge is 0.238 e. The third-order valence-electron chi connectivity index (χ3n) is 6.47. The fourth-order valence-electron chi connectivity index (χ4n) is 4.74. The number of hydrogen-bond acceptors (Lipinski definition) is 6. The number of amides is 2. The molecule has 2 amide bonds. The molecule has 1 atom stereocenters. The van der Waals surface area contributed by atoms with Crippen molar-refractivity contribution < 1.29 is 19.1 Å². The number of anilines is 1. The molecule has 3 aliphatic rings. The molecule has 0 unspecified atom stereocenters. The third-order valence-corrected chi connectivity index (χ3v) is 6.47. The summed E-state index contributed by atoms with van der Waals surface area (Å²) in [7, 11) is 0. The lowest BCUT2D eigenvalue weighted by Gasteiger charge is -2.35. The molecule has 2 fully saturated rings. The van der Waals surface area contributed by atoms with E-state index in [0.717, 1.165) is 69.8 Å². The Kier molecular flexibility index (Phi) is 7.52. The first-order valence-corrected chi connectivity index (χ1v) is 12.0. The molecule has 0 radical (unpaired) electrons. The Morgan fingerprint density at radius 2 is 1.72 bits per heavy atom. The number of nitrogens with one attached hydrogen (secondary N) is 1. The fraction of sp³-hybridized carbons (Fsp3) is 0.667. The molecule has 2 saturated heterocycles. The first kappa shape index (κ1) is 22.9. The number of piperazine rings is 1. The molecule has 0 aliphatic carbocycles. The van der Waals surface area contributed by atoms with Gasteiger partial charge in [0.05, 0.1) is 25.4 Å². The van der Waals surface area contributed by atoms with Crippen molar-refractivity contribution >= 4 is 17.5 Å². The third kappa shape index (κ3) is 5.72. The second kappa shape index (κ2) is 10.5. The second-order valence-corrected chi connectivity index (χ2v) is 9.06. The van der Waals surface area contributed by atoms with Gasteiger partial charge >= 0.3 is 0 Å². The van der Waals surface area contributed by atoms with Crippen LogP contribution in [0.3, 0.4) is 0 Å². The molecule has 32 heavy (non-hydrogen) atoms. The number of fused-ring (bicyclic) bond motifs is 1. The van der Waals surface area contributed by atoms with E-state index in [9.17, 15) is 9.59 Å². The highest BCUT2D eigenvalue weighted by atomic mass is 16.5. The SMILES string of the molecule is CCOc1cc2c(cc1NC(=O)CN1CCN(CC(=O)N3CCCCC3)CC1)O[C@@H](C)C2. The number of ether oxygens (including phenoxy) is 2. The van der Waals surface area contributed by atoms with Crippen molar-refractivity contribution in [3.8, 4) is 11.5 Å². The Hall–Kier alpha value is -2.32. The summed E-state index contributed by atoms with van der Waals surface area (Å²) < 4.78 is 11.6. The fourth-order valence-corrected chi connectivity index (χ4v) is 4.74. The molecule has 1 N–H and O–H groups in total. The van der Waals surface area contributed by atoms with Crippen molar-refractivity contribution in [2.75, 3.05) is 64.3 Å². The first-order valence-electron chi connectivity index (χ1n) is 12.0. The summed E-state index contributed by atoms with van der Waals surface area (Å²) in [5.74, 6) is 1.70. The maximum absolute atomic E-state index is 12.7. The zero-order chi connectivity index (χ0) is 22.5. The lowest BCUT2D eigenvalue weighted by molar-refractivity contribution is -0.134. The van der Waals surface area contributed by atoms with E-state index >= 15 is 0 Å². The van der Waals surface area contributed by atoms with E-state index in [2.05, 4.69) is 15.1 Å². The molecule has 176 valence electrons. The number of piperidine rings is 1. The van der Waals surface area contributed by atoms with Gasteiger partial charge in [0.15, 0.2) is 0 Å². The molecular formula is C24H36N4O4. The molecule has 0 bridgehead atoms. The average molecular weight is 445 g/mol. The molecule has 3 aliphatic heterocycles. The summed E-state index contributed by atoms with van der Waals surface area (Å²) in [5, 5.41) is 3.01. The van der Waals surface area contributed by atoms with Gasteiger partial charge in [-0.15, -0.1) is 0 Å². The predicted molar refractivity (Wildman–Crippen MR) is 123 cm³/mol. The van der Waals surface area contributed by atoms with Crippen LogP contribution >= 0.6 is 0 Å². The van der Waals surface area contributed by atoms with Crippen LogP contribution in [0.25, 0.3) is 0 Å². The highest BCUT2D eigenvalue weighted by Crippen LogP contribution is 2.38. The van der Waals surface area contributed by atoms with E-state index in [1.807, 2.05) is 30.9 Å². The molecular weight excluding hydrogens is 408 g/mol. The maximum atomic E-state index is 12.7. The van der Waals surface area contributed by atoms with Crippen LogP contribution in [0.5, 0.6) is 11.5 Å². The lowest BCUT2D eigenvalue weighted by atomic mass is 10.1. The van der Waals surface area contributed by atoms with Gasteiger partial charge in [-0.3, -0.25) is 19.4 Å². The number of benzene rings is 1. The van der Waals surface area contributed by atoms with Gasteiger partial charge in [-0.2, -0.15) is 0 Å². The summed E-state index contributed by atoms with van der Waals surface area (Å²) >= 11 is 0. The summed E-state index contributed by atoms with van der Waals surface area (Å²) in [5.41, 5.74) is 1.78. The summed E-state index contributed by atoms with van der Waals surface area (Å²) in [6.07, 6.45) is 4.47. The van der Waals surface area contributed by atoms with Crippen LogP contribution in [-0.2, 0) is 16.0 Å². The Labute approximate surface area is 190 Å². The molecule has 1 aromatic carbocycles. The van der Waals surface area contributed by atoms with E-state index in [-0.39, 0.29) is 17.9 Å². The molecule has 0 aromatic heterocycles. The second-order valence-electron chi connectivity index (χ2n) is 9.06. The van der Waals surface area contributed by atoms with Crippen LogP contribution < -0.4 is 14.8 Å². The highest BCUT2D eigenvalue weighted by Gasteiger charge is 2.25. The Morgan fingerprint density at radius 3 is 2.41 bits per heavy atom. The van der Waals surface area contributed by atoms with Crippen molar-refractivity contribution in [2.45, 2.75) is 45.6 Å². The van der Waals surface area contributed by atoms with E-state index < -0.39 is 0 Å². The zero-order valence-electron chi connectivity index (χ0n) is 19.4. The van der Waals surface area contributed by atoms with Crippen molar-refractivity contribution in [1.29, 1.82) is 0 Å². The first-order chi connectivity index (χ1) is 15.5. The lowest BCUT2D eigenvalue weighted by Crippen LogP contribution is -2.51. The van der Waals surface area contributed by atoms with Crippen LogP contribution in [0.1, 0.15) is 38.7 Å². The molecule has 8 nitrogen and oxygen atoms in total. The van der Waals surface area contributed by atoms with Crippen LogP contribution in [0.15, 0.2) is 12.1 Å². The monoisotopic (exact) mass is 444 g/mol. The molecule has 8 heteroatoms. The van der Waals surface area contributed by atoms with Crippen LogP contribution in [-0.4, -0.2) is 91.6 Å². The van der Waals surface area contributed by atoms with Gasteiger partial charge < -0.3 is 19.7 Å². The number of nitrogens with zero attached hydrogens (tertiary/aromatic N) is 3. The van der Waals surface area contributed by atoms with Gasteiger partial charge in [0, 0.05) is 57.3 Å². The number of carbonyl (C=O) groups is 2. The van der Waals surface area contributed by atoms with Crippen molar-refractivity contribution in [1.82, 2.24) is 14.7 Å². The number of likely N-dealkylation sites (tertiary alicyclic amines) is 1. The Balaban J connectivity index is 1.26. The molecule has 4 rings (SSSR count). The Morgan fingerprint density at radius 1 is 1.03 bits per heavy atom. The molecule has 1 aromatic rings. The number of hydrogen-bond donors (Lipinski definition) is 1. The van der Waals surface area contributed by atoms with Crippen LogP contribution in [0, 0.1) is 0 Å². The topological polar surface area (TPSA) is 74.4 Å². The van der Waals surface area contributed by atoms with Crippen molar-refractivity contribution in [3.05, 3.63) is 17.7 Å². The average Bonchev–Trinajstić information content (AvgIpc) is 3.15. The van der Waals surface area contributed by atoms with E-state index in [4.69, 9.17) is 9.47 Å². The summed E-state index contributed by atoms with van der Waals surface area (Å²) in [4.78, 5) is 31.6.